The lowest BCUT2D eigenvalue weighted by atomic mass is 9.95. The maximum absolute atomic E-state index is 5.77. The first-order valence-corrected chi connectivity index (χ1v) is 4.65. The summed E-state index contributed by atoms with van der Waals surface area (Å²) >= 11 is 5.77. The highest BCUT2D eigenvalue weighted by atomic mass is 35.5. The van der Waals surface area contributed by atoms with Gasteiger partial charge < -0.3 is 0 Å². The van der Waals surface area contributed by atoms with Gasteiger partial charge in [-0.2, -0.15) is 0 Å². The van der Waals surface area contributed by atoms with Crippen LogP contribution < -0.4 is 0 Å². The van der Waals surface area contributed by atoms with Gasteiger partial charge in [-0.25, -0.2) is 0 Å². The van der Waals surface area contributed by atoms with Crippen LogP contribution in [0.15, 0.2) is 18.2 Å². The summed E-state index contributed by atoms with van der Waals surface area (Å²) in [4.78, 5) is 0. The van der Waals surface area contributed by atoms with Gasteiger partial charge in [0, 0.05) is 11.8 Å². The molecule has 0 amide bonds. The van der Waals surface area contributed by atoms with Crippen LogP contribution in [-0.4, -0.2) is 5.88 Å². The first-order chi connectivity index (χ1) is 5.66. The summed E-state index contributed by atoms with van der Waals surface area (Å²) in [5.74, 6) is 1.86. The second-order valence-electron chi connectivity index (χ2n) is 3.16. The Bertz CT molecular complexity index is 266. The molecule has 0 bridgehead atoms. The van der Waals surface area contributed by atoms with Gasteiger partial charge in [-0.15, -0.1) is 11.6 Å². The Balaban J connectivity index is 3.07. The molecule has 1 heteroatoms. The average Bonchev–Trinajstić information content (AvgIpc) is 2.08. The van der Waals surface area contributed by atoms with Gasteiger partial charge in [0.15, 0.2) is 0 Å². The molecule has 0 aromatic heterocycles. The van der Waals surface area contributed by atoms with Crippen molar-refractivity contribution >= 4 is 11.6 Å². The maximum atomic E-state index is 5.77. The Morgan fingerprint density at radius 2 is 2.00 bits per heavy atom. The van der Waals surface area contributed by atoms with Gasteiger partial charge in [-0.1, -0.05) is 25.1 Å². The molecular weight excluding hydrogens is 168 g/mol. The molecule has 0 saturated heterocycles. The zero-order valence-electron chi connectivity index (χ0n) is 7.82. The van der Waals surface area contributed by atoms with E-state index in [1.807, 2.05) is 0 Å². The third-order valence-electron chi connectivity index (χ3n) is 2.26. The predicted molar refractivity (Wildman–Crippen MR) is 54.7 cm³/mol. The van der Waals surface area contributed by atoms with E-state index < -0.39 is 0 Å². The Morgan fingerprint density at radius 3 is 2.58 bits per heavy atom. The van der Waals surface area contributed by atoms with E-state index in [2.05, 4.69) is 39.0 Å². The number of rotatable bonds is 2. The highest BCUT2D eigenvalue weighted by Gasteiger charge is 2.07. The van der Waals surface area contributed by atoms with Crippen LogP contribution >= 0.6 is 11.6 Å². The van der Waals surface area contributed by atoms with Crippen molar-refractivity contribution < 1.29 is 0 Å². The summed E-state index contributed by atoms with van der Waals surface area (Å²) in [5, 5.41) is 0. The molecule has 0 aliphatic heterocycles. The molecule has 0 aliphatic rings. The molecule has 0 nitrogen and oxygen atoms in total. The number of aryl methyl sites for hydroxylation is 1. The second kappa shape index (κ2) is 3.95. The average molecular weight is 182 g/mol. The predicted octanol–water partition coefficient (Wildman–Crippen LogP) is 3.48. The molecular formula is C11H14Cl. The fourth-order valence-corrected chi connectivity index (χ4v) is 1.43. The second-order valence-corrected chi connectivity index (χ2v) is 3.43. The standard InChI is InChI=1S/C11H14Cl/c1-8-5-4-6-11(10(8)3)9(2)7-12/h4-6H,7H2,1-3H3. The van der Waals surface area contributed by atoms with Crippen molar-refractivity contribution in [1.29, 1.82) is 0 Å². The van der Waals surface area contributed by atoms with Gasteiger partial charge in [0.2, 0.25) is 0 Å². The fraction of sp³-hybridized carbons (Fsp3) is 0.364. The minimum absolute atomic E-state index is 0.615. The lowest BCUT2D eigenvalue weighted by molar-refractivity contribution is 1.11. The Labute approximate surface area is 79.6 Å². The van der Waals surface area contributed by atoms with E-state index in [-0.39, 0.29) is 0 Å². The summed E-state index contributed by atoms with van der Waals surface area (Å²) in [6.45, 7) is 6.34. The van der Waals surface area contributed by atoms with E-state index in [1.165, 1.54) is 22.6 Å². The van der Waals surface area contributed by atoms with Crippen LogP contribution in [0.5, 0.6) is 0 Å². The summed E-state index contributed by atoms with van der Waals surface area (Å²) < 4.78 is 0. The summed E-state index contributed by atoms with van der Waals surface area (Å²) in [7, 11) is 0. The van der Waals surface area contributed by atoms with Gasteiger partial charge in [0.25, 0.3) is 0 Å². The monoisotopic (exact) mass is 181 g/mol. The SMILES string of the molecule is C[C](CCl)c1cccc(C)c1C. The quantitative estimate of drug-likeness (QED) is 0.613. The molecule has 1 aromatic rings. The Kier molecular flexibility index (Phi) is 3.16. The van der Waals surface area contributed by atoms with Crippen LogP contribution in [0.3, 0.4) is 0 Å². The van der Waals surface area contributed by atoms with Crippen molar-refractivity contribution in [1.82, 2.24) is 0 Å². The van der Waals surface area contributed by atoms with Gasteiger partial charge in [0.1, 0.15) is 0 Å². The van der Waals surface area contributed by atoms with Crippen LogP contribution in [0, 0.1) is 19.8 Å². The van der Waals surface area contributed by atoms with Crippen LogP contribution in [0.1, 0.15) is 23.6 Å². The number of hydrogen-bond donors (Lipinski definition) is 0. The van der Waals surface area contributed by atoms with Crippen LogP contribution in [0.2, 0.25) is 0 Å². The summed E-state index contributed by atoms with van der Waals surface area (Å²) in [5.41, 5.74) is 3.97. The van der Waals surface area contributed by atoms with Crippen molar-refractivity contribution in [3.63, 3.8) is 0 Å². The smallest absolute Gasteiger partial charge is 0.0326 e. The fourth-order valence-electron chi connectivity index (χ4n) is 1.29. The van der Waals surface area contributed by atoms with Crippen molar-refractivity contribution in [3.05, 3.63) is 40.8 Å². The minimum Gasteiger partial charge on any atom is -0.126 e. The van der Waals surface area contributed by atoms with Gasteiger partial charge >= 0.3 is 0 Å². The maximum Gasteiger partial charge on any atom is 0.0326 e. The zero-order valence-corrected chi connectivity index (χ0v) is 8.57. The molecule has 1 radical (unpaired) electrons. The van der Waals surface area contributed by atoms with Crippen molar-refractivity contribution in [2.75, 3.05) is 5.88 Å². The Morgan fingerprint density at radius 1 is 1.33 bits per heavy atom. The summed E-state index contributed by atoms with van der Waals surface area (Å²) in [6, 6.07) is 6.33. The summed E-state index contributed by atoms with van der Waals surface area (Å²) in [6.07, 6.45) is 0. The lowest BCUT2D eigenvalue weighted by Crippen LogP contribution is -1.99. The van der Waals surface area contributed by atoms with Crippen molar-refractivity contribution in [2.24, 2.45) is 0 Å². The normalized spacial score (nSPS) is 10.8. The first-order valence-electron chi connectivity index (χ1n) is 4.11. The molecule has 0 aliphatic carbocycles. The zero-order chi connectivity index (χ0) is 9.14. The number of alkyl halides is 1. The third-order valence-corrected chi connectivity index (χ3v) is 2.67. The molecule has 1 rings (SSSR count). The largest absolute Gasteiger partial charge is 0.126 e. The van der Waals surface area contributed by atoms with Crippen LogP contribution in [0.4, 0.5) is 0 Å². The third kappa shape index (κ3) is 1.81. The molecule has 0 saturated carbocycles. The first kappa shape index (κ1) is 9.60. The lowest BCUT2D eigenvalue weighted by Gasteiger charge is -2.12. The molecule has 0 N–H and O–H groups in total. The minimum atomic E-state index is 0.615. The molecule has 0 fully saturated rings. The van der Waals surface area contributed by atoms with E-state index in [0.717, 1.165) is 0 Å². The highest BCUT2D eigenvalue weighted by molar-refractivity contribution is 6.19. The van der Waals surface area contributed by atoms with Gasteiger partial charge in [0.05, 0.1) is 0 Å². The molecule has 1 aromatic carbocycles. The Hall–Kier alpha value is -0.490. The van der Waals surface area contributed by atoms with E-state index in [1.54, 1.807) is 0 Å². The number of hydrogen-bond acceptors (Lipinski definition) is 0. The van der Waals surface area contributed by atoms with Crippen molar-refractivity contribution in [3.8, 4) is 0 Å². The van der Waals surface area contributed by atoms with E-state index in [9.17, 15) is 0 Å². The molecule has 0 unspecified atom stereocenters. The van der Waals surface area contributed by atoms with E-state index >= 15 is 0 Å². The van der Waals surface area contributed by atoms with Crippen molar-refractivity contribution in [2.45, 2.75) is 20.8 Å². The van der Waals surface area contributed by atoms with E-state index in [0.29, 0.717) is 5.88 Å². The topological polar surface area (TPSA) is 0 Å². The molecule has 65 valence electrons. The van der Waals surface area contributed by atoms with Gasteiger partial charge in [-0.3, -0.25) is 0 Å². The van der Waals surface area contributed by atoms with E-state index in [4.69, 9.17) is 11.6 Å². The highest BCUT2D eigenvalue weighted by Crippen LogP contribution is 2.21. The number of halogens is 1. The molecule has 0 heterocycles. The molecule has 12 heavy (non-hydrogen) atoms. The van der Waals surface area contributed by atoms with Crippen LogP contribution in [-0.2, 0) is 0 Å². The van der Waals surface area contributed by atoms with Crippen LogP contribution in [0.25, 0.3) is 0 Å². The molecule has 0 atom stereocenters. The molecule has 0 spiro atoms. The van der Waals surface area contributed by atoms with Gasteiger partial charge in [-0.05, 0) is 30.5 Å². The number of benzene rings is 1.